The van der Waals surface area contributed by atoms with Crippen molar-refractivity contribution in [2.24, 2.45) is 0 Å². The Morgan fingerprint density at radius 3 is 2.71 bits per heavy atom. The van der Waals surface area contributed by atoms with E-state index < -0.39 is 17.9 Å². The molecule has 0 bridgehead atoms. The fraction of sp³-hybridized carbons (Fsp3) is 0.182. The Labute approximate surface area is 132 Å². The van der Waals surface area contributed by atoms with E-state index in [0.717, 1.165) is 11.3 Å². The molecule has 0 spiro atoms. The van der Waals surface area contributed by atoms with E-state index in [2.05, 4.69) is 20.5 Å². The average Bonchev–Trinajstić information content (AvgIpc) is 2.91. The quantitative estimate of drug-likeness (QED) is 0.880. The van der Waals surface area contributed by atoms with Gasteiger partial charge in [-0.1, -0.05) is 23.2 Å². The molecule has 0 aliphatic heterocycles. The van der Waals surface area contributed by atoms with Gasteiger partial charge in [0.15, 0.2) is 16.0 Å². The van der Waals surface area contributed by atoms with Crippen molar-refractivity contribution in [3.63, 3.8) is 0 Å². The molecule has 0 radical (unpaired) electrons. The zero-order chi connectivity index (χ0) is 15.6. The minimum atomic E-state index is -1.12. The molecule has 1 unspecified atom stereocenters. The van der Waals surface area contributed by atoms with E-state index in [0.29, 0.717) is 5.01 Å². The Bertz CT molecular complexity index is 707. The fourth-order valence-electron chi connectivity index (χ4n) is 1.43. The number of carbonyl (C=O) groups is 2. The summed E-state index contributed by atoms with van der Waals surface area (Å²) >= 11 is 12.6. The predicted octanol–water partition coefficient (Wildman–Crippen LogP) is 2.43. The summed E-state index contributed by atoms with van der Waals surface area (Å²) in [5.74, 6) is -1.62. The molecule has 2 aromatic rings. The number of amides is 1. The number of rotatable bonds is 4. The van der Waals surface area contributed by atoms with Crippen LogP contribution >= 0.6 is 34.5 Å². The molecule has 0 saturated carbocycles. The van der Waals surface area contributed by atoms with Gasteiger partial charge in [0.25, 0.3) is 5.91 Å². The van der Waals surface area contributed by atoms with Gasteiger partial charge in [-0.2, -0.15) is 0 Å². The highest BCUT2D eigenvalue weighted by Crippen LogP contribution is 2.20. The summed E-state index contributed by atoms with van der Waals surface area (Å²) in [5.41, 5.74) is 0.0151. The maximum Gasteiger partial charge on any atom is 0.355 e. The Balaban J connectivity index is 2.14. The van der Waals surface area contributed by atoms with Crippen LogP contribution < -0.4 is 5.32 Å². The third-order valence-electron chi connectivity index (χ3n) is 2.42. The Kier molecular flexibility index (Phi) is 4.71. The SMILES string of the molecule is CC(NC(=O)c1cc(Cl)nnc1Cl)c1nc(C(=O)O)cs1. The normalized spacial score (nSPS) is 12.0. The Hall–Kier alpha value is -1.77. The minimum absolute atomic E-state index is 0.0413. The van der Waals surface area contributed by atoms with Gasteiger partial charge >= 0.3 is 5.97 Å². The number of carboxylic acid groups (broad SMARTS) is 1. The fourth-order valence-corrected chi connectivity index (χ4v) is 2.56. The summed E-state index contributed by atoms with van der Waals surface area (Å²) in [6.45, 7) is 1.67. The standard InChI is InChI=1S/C11H8Cl2N4O3S/c1-4(10-15-6(3-21-10)11(19)20)14-9(18)5-2-7(12)16-17-8(5)13/h2-4H,1H3,(H,14,18)(H,19,20). The van der Waals surface area contributed by atoms with E-state index in [1.807, 2.05) is 0 Å². The number of carboxylic acids is 1. The lowest BCUT2D eigenvalue weighted by molar-refractivity contribution is 0.0691. The minimum Gasteiger partial charge on any atom is -0.476 e. The van der Waals surface area contributed by atoms with Gasteiger partial charge in [-0.3, -0.25) is 4.79 Å². The van der Waals surface area contributed by atoms with Crippen LogP contribution in [0.1, 0.15) is 38.8 Å². The highest BCUT2D eigenvalue weighted by atomic mass is 35.5. The van der Waals surface area contributed by atoms with Crippen LogP contribution in [0.15, 0.2) is 11.4 Å². The van der Waals surface area contributed by atoms with Gasteiger partial charge in [-0.15, -0.1) is 21.5 Å². The molecule has 21 heavy (non-hydrogen) atoms. The summed E-state index contributed by atoms with van der Waals surface area (Å²) < 4.78 is 0. The molecular weight excluding hydrogens is 339 g/mol. The number of halogens is 2. The van der Waals surface area contributed by atoms with Crippen molar-refractivity contribution < 1.29 is 14.7 Å². The predicted molar refractivity (Wildman–Crippen MR) is 77.0 cm³/mol. The van der Waals surface area contributed by atoms with E-state index in [-0.39, 0.29) is 21.6 Å². The van der Waals surface area contributed by atoms with Crippen LogP contribution in [0.5, 0.6) is 0 Å². The molecule has 7 nitrogen and oxygen atoms in total. The van der Waals surface area contributed by atoms with Crippen molar-refractivity contribution >= 4 is 46.4 Å². The first-order valence-electron chi connectivity index (χ1n) is 5.56. The molecule has 2 N–H and O–H groups in total. The van der Waals surface area contributed by atoms with E-state index in [1.54, 1.807) is 6.92 Å². The molecule has 0 fully saturated rings. The van der Waals surface area contributed by atoms with Crippen LogP contribution in [0.3, 0.4) is 0 Å². The zero-order valence-corrected chi connectivity index (χ0v) is 12.8. The summed E-state index contributed by atoms with van der Waals surface area (Å²) in [5, 5.41) is 20.3. The second-order valence-corrected chi connectivity index (χ2v) is 5.58. The molecule has 2 rings (SSSR count). The smallest absolute Gasteiger partial charge is 0.355 e. The van der Waals surface area contributed by atoms with Gasteiger partial charge in [-0.25, -0.2) is 9.78 Å². The highest BCUT2D eigenvalue weighted by molar-refractivity contribution is 7.09. The summed E-state index contributed by atoms with van der Waals surface area (Å²) in [7, 11) is 0. The molecule has 10 heteroatoms. The number of aromatic carboxylic acids is 1. The number of hydrogen-bond acceptors (Lipinski definition) is 6. The second kappa shape index (κ2) is 6.33. The molecule has 1 atom stereocenters. The lowest BCUT2D eigenvalue weighted by Gasteiger charge is -2.11. The molecule has 0 aliphatic rings. The van der Waals surface area contributed by atoms with Gasteiger partial charge in [0.1, 0.15) is 5.01 Å². The third-order valence-corrected chi connectivity index (χ3v) is 3.91. The van der Waals surface area contributed by atoms with Crippen molar-refractivity contribution in [1.82, 2.24) is 20.5 Å². The Morgan fingerprint density at radius 1 is 1.38 bits per heavy atom. The van der Waals surface area contributed by atoms with Crippen LogP contribution in [-0.4, -0.2) is 32.2 Å². The molecular formula is C11H8Cl2N4O3S. The largest absolute Gasteiger partial charge is 0.476 e. The van der Waals surface area contributed by atoms with E-state index in [9.17, 15) is 9.59 Å². The molecule has 2 aromatic heterocycles. The van der Waals surface area contributed by atoms with Gasteiger partial charge < -0.3 is 10.4 Å². The van der Waals surface area contributed by atoms with Crippen molar-refractivity contribution in [2.75, 3.05) is 0 Å². The summed E-state index contributed by atoms with van der Waals surface area (Å²) in [6.07, 6.45) is 0. The van der Waals surface area contributed by atoms with E-state index in [1.165, 1.54) is 11.4 Å². The van der Waals surface area contributed by atoms with Crippen molar-refractivity contribution in [1.29, 1.82) is 0 Å². The van der Waals surface area contributed by atoms with Crippen LogP contribution in [0.2, 0.25) is 10.3 Å². The third kappa shape index (κ3) is 3.66. The Morgan fingerprint density at radius 2 is 2.10 bits per heavy atom. The van der Waals surface area contributed by atoms with Gasteiger partial charge in [0, 0.05) is 5.38 Å². The maximum absolute atomic E-state index is 12.1. The van der Waals surface area contributed by atoms with Gasteiger partial charge in [-0.05, 0) is 13.0 Å². The highest BCUT2D eigenvalue weighted by Gasteiger charge is 2.19. The number of aromatic nitrogens is 3. The number of carbonyl (C=O) groups excluding carboxylic acids is 1. The summed E-state index contributed by atoms with van der Waals surface area (Å²) in [6, 6.07) is 0.808. The first-order valence-corrected chi connectivity index (χ1v) is 7.20. The average molecular weight is 347 g/mol. The van der Waals surface area contributed by atoms with Crippen molar-refractivity contribution in [3.8, 4) is 0 Å². The topological polar surface area (TPSA) is 105 Å². The monoisotopic (exact) mass is 346 g/mol. The van der Waals surface area contributed by atoms with E-state index in [4.69, 9.17) is 28.3 Å². The molecule has 110 valence electrons. The van der Waals surface area contributed by atoms with Crippen LogP contribution in [0.25, 0.3) is 0 Å². The van der Waals surface area contributed by atoms with Crippen molar-refractivity contribution in [2.45, 2.75) is 13.0 Å². The van der Waals surface area contributed by atoms with Crippen LogP contribution in [0.4, 0.5) is 0 Å². The first kappa shape index (κ1) is 15.6. The molecule has 1 amide bonds. The van der Waals surface area contributed by atoms with Crippen LogP contribution in [0, 0.1) is 0 Å². The van der Waals surface area contributed by atoms with Gasteiger partial charge in [0.05, 0.1) is 11.6 Å². The molecule has 0 aromatic carbocycles. The number of thiazole rings is 1. The first-order chi connectivity index (χ1) is 9.88. The molecule has 2 heterocycles. The lowest BCUT2D eigenvalue weighted by Crippen LogP contribution is -2.27. The number of hydrogen-bond donors (Lipinski definition) is 2. The molecule has 0 aliphatic carbocycles. The van der Waals surface area contributed by atoms with Crippen LogP contribution in [-0.2, 0) is 0 Å². The zero-order valence-electron chi connectivity index (χ0n) is 10.5. The lowest BCUT2D eigenvalue weighted by atomic mass is 10.2. The maximum atomic E-state index is 12.1. The second-order valence-electron chi connectivity index (χ2n) is 3.94. The molecule has 0 saturated heterocycles. The number of nitrogens with one attached hydrogen (secondary N) is 1. The van der Waals surface area contributed by atoms with Crippen molar-refractivity contribution in [3.05, 3.63) is 38.0 Å². The number of nitrogens with zero attached hydrogens (tertiary/aromatic N) is 3. The summed E-state index contributed by atoms with van der Waals surface area (Å²) in [4.78, 5) is 26.8. The van der Waals surface area contributed by atoms with Gasteiger partial charge in [0.2, 0.25) is 0 Å². The van der Waals surface area contributed by atoms with E-state index >= 15 is 0 Å².